The van der Waals surface area contributed by atoms with Crippen molar-refractivity contribution in [3.8, 4) is 0 Å². The lowest BCUT2D eigenvalue weighted by molar-refractivity contribution is -0.305. The van der Waals surface area contributed by atoms with Crippen LogP contribution in [0.25, 0.3) is 0 Å². The van der Waals surface area contributed by atoms with Gasteiger partial charge in [-0.25, -0.2) is 0 Å². The molecule has 2 aromatic rings. The third-order valence-electron chi connectivity index (χ3n) is 8.39. The van der Waals surface area contributed by atoms with Crippen LogP contribution in [-0.4, -0.2) is 96.8 Å². The molecule has 12 heteroatoms. The molecule has 3 saturated heterocycles. The first-order chi connectivity index (χ1) is 22.4. The van der Waals surface area contributed by atoms with Crippen molar-refractivity contribution in [3.63, 3.8) is 0 Å². The van der Waals surface area contributed by atoms with Crippen molar-refractivity contribution in [1.82, 2.24) is 4.90 Å². The van der Waals surface area contributed by atoms with E-state index >= 15 is 0 Å². The molecule has 12 nitrogen and oxygen atoms in total. The van der Waals surface area contributed by atoms with Crippen molar-refractivity contribution in [2.24, 2.45) is 0 Å². The maximum Gasteiger partial charge on any atom is 0.303 e. The van der Waals surface area contributed by atoms with Crippen molar-refractivity contribution in [3.05, 3.63) is 71.8 Å². The topological polar surface area (TPSA) is 128 Å². The summed E-state index contributed by atoms with van der Waals surface area (Å²) < 4.78 is 48.8. The van der Waals surface area contributed by atoms with Gasteiger partial charge < -0.3 is 37.9 Å². The second-order valence-corrected chi connectivity index (χ2v) is 12.6. The van der Waals surface area contributed by atoms with E-state index in [9.17, 15) is 14.4 Å². The second-order valence-electron chi connectivity index (χ2n) is 12.6. The summed E-state index contributed by atoms with van der Waals surface area (Å²) in [6.07, 6.45) is -6.48. The van der Waals surface area contributed by atoms with Crippen LogP contribution in [0, 0.1) is 0 Å². The highest BCUT2D eigenvalue weighted by atomic mass is 16.8. The van der Waals surface area contributed by atoms with Crippen molar-refractivity contribution < 1.29 is 52.3 Å². The molecule has 0 N–H and O–H groups in total. The molecule has 3 heterocycles. The number of carbonyl (C=O) groups is 3. The van der Waals surface area contributed by atoms with Gasteiger partial charge in [0.1, 0.15) is 18.3 Å². The average molecular weight is 656 g/mol. The molecule has 5 rings (SSSR count). The number of nitrogens with zero attached hydrogens (tertiary/aromatic N) is 1. The van der Waals surface area contributed by atoms with E-state index in [-0.39, 0.29) is 18.8 Å². The number of likely N-dealkylation sites (tertiary alicyclic amines) is 1. The van der Waals surface area contributed by atoms with Crippen LogP contribution in [-0.2, 0) is 65.4 Å². The zero-order valence-electron chi connectivity index (χ0n) is 27.7. The van der Waals surface area contributed by atoms with Gasteiger partial charge in [-0.15, -0.1) is 0 Å². The van der Waals surface area contributed by atoms with E-state index in [1.165, 1.54) is 20.8 Å². The van der Waals surface area contributed by atoms with E-state index in [2.05, 4.69) is 17.0 Å². The Morgan fingerprint density at radius 1 is 0.766 bits per heavy atom. The molecule has 0 amide bonds. The van der Waals surface area contributed by atoms with E-state index in [0.29, 0.717) is 19.7 Å². The fraction of sp³-hybridized carbons (Fsp3) is 0.571. The molecule has 0 radical (unpaired) electrons. The van der Waals surface area contributed by atoms with Crippen LogP contribution in [0.1, 0.15) is 52.7 Å². The van der Waals surface area contributed by atoms with Gasteiger partial charge in [0, 0.05) is 33.9 Å². The molecule has 9 atom stereocenters. The van der Waals surface area contributed by atoms with E-state index in [1.807, 2.05) is 62.4 Å². The molecule has 0 bridgehead atoms. The highest BCUT2D eigenvalue weighted by Crippen LogP contribution is 2.38. The first-order valence-electron chi connectivity index (χ1n) is 16.0. The van der Waals surface area contributed by atoms with Gasteiger partial charge in [0.15, 0.2) is 30.4 Å². The lowest BCUT2D eigenvalue weighted by Gasteiger charge is -2.47. The Kier molecular flexibility index (Phi) is 11.3. The second kappa shape index (κ2) is 15.2. The molecule has 0 aliphatic carbocycles. The van der Waals surface area contributed by atoms with Gasteiger partial charge in [-0.2, -0.15) is 0 Å². The third-order valence-corrected chi connectivity index (χ3v) is 8.39. The summed E-state index contributed by atoms with van der Waals surface area (Å²) in [6, 6.07) is 19.6. The molecule has 3 fully saturated rings. The number of rotatable bonds is 11. The minimum atomic E-state index is -1.22. The predicted molar refractivity (Wildman–Crippen MR) is 166 cm³/mol. The zero-order chi connectivity index (χ0) is 33.7. The van der Waals surface area contributed by atoms with Crippen LogP contribution in [0.15, 0.2) is 60.7 Å². The number of hydrogen-bond donors (Lipinski definition) is 0. The van der Waals surface area contributed by atoms with E-state index in [4.69, 9.17) is 37.9 Å². The SMILES string of the molecule is CC(=O)O[C@@H]1[C@@H](OC(C)=O)[C@H](C)O[C@@H](OC[C@@H]2[C@@H](OCc3ccccc3)[C@@H]3OC(C)(C)O[C@@H]3CN2Cc2ccccc2)[C@@H]1OC(C)=O. The molecular weight excluding hydrogens is 610 g/mol. The van der Waals surface area contributed by atoms with Gasteiger partial charge in [-0.3, -0.25) is 19.3 Å². The van der Waals surface area contributed by atoms with Gasteiger partial charge in [-0.05, 0) is 31.9 Å². The Morgan fingerprint density at radius 3 is 1.96 bits per heavy atom. The molecule has 256 valence electrons. The van der Waals surface area contributed by atoms with Gasteiger partial charge in [-0.1, -0.05) is 60.7 Å². The van der Waals surface area contributed by atoms with E-state index in [1.54, 1.807) is 6.92 Å². The molecule has 0 aromatic heterocycles. The zero-order valence-corrected chi connectivity index (χ0v) is 27.7. The number of hydrogen-bond acceptors (Lipinski definition) is 12. The monoisotopic (exact) mass is 655 g/mol. The van der Waals surface area contributed by atoms with Crippen molar-refractivity contribution in [1.29, 1.82) is 0 Å². The fourth-order valence-corrected chi connectivity index (χ4v) is 6.55. The Bertz CT molecular complexity index is 1360. The Labute approximate surface area is 275 Å². The number of esters is 3. The fourth-order valence-electron chi connectivity index (χ4n) is 6.55. The quantitative estimate of drug-likeness (QED) is 0.260. The maximum atomic E-state index is 12.3. The van der Waals surface area contributed by atoms with Crippen LogP contribution in [0.4, 0.5) is 0 Å². The van der Waals surface area contributed by atoms with Crippen molar-refractivity contribution >= 4 is 17.9 Å². The van der Waals surface area contributed by atoms with Crippen LogP contribution in [0.5, 0.6) is 0 Å². The summed E-state index contributed by atoms with van der Waals surface area (Å²) >= 11 is 0. The minimum absolute atomic E-state index is 0.0689. The normalized spacial score (nSPS) is 31.8. The summed E-state index contributed by atoms with van der Waals surface area (Å²) in [5.74, 6) is -2.70. The lowest BCUT2D eigenvalue weighted by atomic mass is 9.93. The first kappa shape index (κ1) is 34.9. The third kappa shape index (κ3) is 8.95. The molecule has 0 saturated carbocycles. The Morgan fingerprint density at radius 2 is 1.34 bits per heavy atom. The highest BCUT2D eigenvalue weighted by Gasteiger charge is 2.55. The smallest absolute Gasteiger partial charge is 0.303 e. The molecular formula is C35H45NO11. The summed E-state index contributed by atoms with van der Waals surface area (Å²) in [7, 11) is 0. The van der Waals surface area contributed by atoms with E-state index < -0.39 is 66.6 Å². The van der Waals surface area contributed by atoms with Gasteiger partial charge in [0.2, 0.25) is 0 Å². The van der Waals surface area contributed by atoms with Crippen LogP contribution < -0.4 is 0 Å². The largest absolute Gasteiger partial charge is 0.456 e. The number of ether oxygens (including phenoxy) is 8. The molecule has 3 aliphatic heterocycles. The minimum Gasteiger partial charge on any atom is -0.456 e. The maximum absolute atomic E-state index is 12.3. The first-order valence-corrected chi connectivity index (χ1v) is 16.0. The van der Waals surface area contributed by atoms with Crippen molar-refractivity contribution in [2.45, 2.75) is 116 Å². The number of carbonyl (C=O) groups excluding carboxylic acids is 3. The van der Waals surface area contributed by atoms with E-state index in [0.717, 1.165) is 11.1 Å². The molecule has 47 heavy (non-hydrogen) atoms. The highest BCUT2D eigenvalue weighted by molar-refractivity contribution is 5.68. The Hall–Kier alpha value is -3.39. The summed E-state index contributed by atoms with van der Waals surface area (Å²) in [5, 5.41) is 0. The van der Waals surface area contributed by atoms with Gasteiger partial charge in [0.25, 0.3) is 0 Å². The van der Waals surface area contributed by atoms with Crippen molar-refractivity contribution in [2.75, 3.05) is 13.2 Å². The molecule has 3 aliphatic rings. The Balaban J connectivity index is 1.45. The molecule has 2 aromatic carbocycles. The number of benzene rings is 2. The van der Waals surface area contributed by atoms with Crippen LogP contribution >= 0.6 is 0 Å². The molecule has 0 unspecified atom stereocenters. The van der Waals surface area contributed by atoms with Gasteiger partial charge in [0.05, 0.1) is 25.4 Å². The lowest BCUT2D eigenvalue weighted by Crippen LogP contribution is -2.64. The van der Waals surface area contributed by atoms with Crippen LogP contribution in [0.3, 0.4) is 0 Å². The summed E-state index contributed by atoms with van der Waals surface area (Å²) in [4.78, 5) is 38.6. The average Bonchev–Trinajstić information content (AvgIpc) is 3.32. The number of piperidine rings is 1. The molecule has 0 spiro atoms. The van der Waals surface area contributed by atoms with Gasteiger partial charge >= 0.3 is 17.9 Å². The summed E-state index contributed by atoms with van der Waals surface area (Å²) in [6.45, 7) is 10.7. The standard InChI is InChI=1S/C35H45NO11/c1-21-29(43-22(2)37)32(44-23(3)38)33(45-24(4)39)34(42-21)41-20-27-30(40-19-26-15-11-8-12-16-26)31-28(46-35(5,6)47-31)18-36(27)17-25-13-9-7-10-14-25/h7-16,21,27-34H,17-20H2,1-6H3/t21-,27+,28+,29-,30+,31+,32+,33+,34+/m0/s1. The number of fused-ring (bicyclic) bond motifs is 1. The van der Waals surface area contributed by atoms with Crippen LogP contribution in [0.2, 0.25) is 0 Å². The summed E-state index contributed by atoms with van der Waals surface area (Å²) in [5.41, 5.74) is 2.09. The predicted octanol–water partition coefficient (Wildman–Crippen LogP) is 3.53.